The molecule has 0 radical (unpaired) electrons. The number of anilines is 2. The molecule has 6 heteroatoms. The topological polar surface area (TPSA) is 32.5 Å². The van der Waals surface area contributed by atoms with Crippen LogP contribution in [0.15, 0.2) is 18.2 Å². The second kappa shape index (κ2) is 6.13. The lowest BCUT2D eigenvalue weighted by Crippen LogP contribution is -2.39. The van der Waals surface area contributed by atoms with Crippen molar-refractivity contribution in [1.82, 2.24) is 4.90 Å². The SMILES string of the molecule is CCN1CCCC1CN(C)c1ccc(C(F)(F)F)cc1N. The van der Waals surface area contributed by atoms with Crippen molar-refractivity contribution in [2.45, 2.75) is 32.0 Å². The molecule has 1 aromatic carbocycles. The average Bonchev–Trinajstić information content (AvgIpc) is 2.84. The Hall–Kier alpha value is -1.43. The molecule has 0 bridgehead atoms. The van der Waals surface area contributed by atoms with E-state index in [0.29, 0.717) is 11.7 Å². The van der Waals surface area contributed by atoms with Gasteiger partial charge in [-0.05, 0) is 44.1 Å². The summed E-state index contributed by atoms with van der Waals surface area (Å²) in [7, 11) is 1.88. The summed E-state index contributed by atoms with van der Waals surface area (Å²) in [5, 5.41) is 0. The fraction of sp³-hybridized carbons (Fsp3) is 0.600. The number of benzene rings is 1. The Morgan fingerprint density at radius 1 is 1.38 bits per heavy atom. The number of likely N-dealkylation sites (N-methyl/N-ethyl adjacent to an activating group) is 2. The molecule has 1 atom stereocenters. The zero-order valence-corrected chi connectivity index (χ0v) is 12.5. The third kappa shape index (κ3) is 3.61. The minimum absolute atomic E-state index is 0.174. The van der Waals surface area contributed by atoms with Crippen LogP contribution in [0.3, 0.4) is 0 Å². The monoisotopic (exact) mass is 301 g/mol. The molecule has 3 nitrogen and oxygen atoms in total. The Morgan fingerprint density at radius 2 is 2.10 bits per heavy atom. The van der Waals surface area contributed by atoms with Crippen LogP contribution in [0.5, 0.6) is 0 Å². The number of hydrogen-bond donors (Lipinski definition) is 1. The van der Waals surface area contributed by atoms with Crippen molar-refractivity contribution in [1.29, 1.82) is 0 Å². The first-order chi connectivity index (χ1) is 9.82. The molecule has 21 heavy (non-hydrogen) atoms. The Bertz CT molecular complexity index is 488. The minimum Gasteiger partial charge on any atom is -0.397 e. The van der Waals surface area contributed by atoms with Gasteiger partial charge in [-0.2, -0.15) is 13.2 Å². The van der Waals surface area contributed by atoms with E-state index in [2.05, 4.69) is 11.8 Å². The van der Waals surface area contributed by atoms with E-state index >= 15 is 0 Å². The van der Waals surface area contributed by atoms with Crippen molar-refractivity contribution in [2.24, 2.45) is 0 Å². The predicted octanol–water partition coefficient (Wildman–Crippen LogP) is 3.21. The van der Waals surface area contributed by atoms with Gasteiger partial charge in [-0.3, -0.25) is 4.90 Å². The summed E-state index contributed by atoms with van der Waals surface area (Å²) in [6.07, 6.45) is -2.05. The molecule has 0 aliphatic carbocycles. The molecule has 0 aromatic heterocycles. The van der Waals surface area contributed by atoms with Gasteiger partial charge in [-0.25, -0.2) is 0 Å². The van der Waals surface area contributed by atoms with E-state index in [1.165, 1.54) is 12.5 Å². The molecule has 1 saturated heterocycles. The molecule has 1 heterocycles. The number of hydrogen-bond acceptors (Lipinski definition) is 3. The average molecular weight is 301 g/mol. The molecule has 1 unspecified atom stereocenters. The van der Waals surface area contributed by atoms with Crippen molar-refractivity contribution >= 4 is 11.4 Å². The van der Waals surface area contributed by atoms with Gasteiger partial charge in [0, 0.05) is 19.6 Å². The summed E-state index contributed by atoms with van der Waals surface area (Å²) in [6.45, 7) is 5.01. The van der Waals surface area contributed by atoms with Crippen LogP contribution < -0.4 is 10.6 Å². The maximum atomic E-state index is 12.6. The van der Waals surface area contributed by atoms with Crippen LogP contribution in [-0.2, 0) is 6.18 Å². The molecular weight excluding hydrogens is 279 g/mol. The molecule has 0 saturated carbocycles. The van der Waals surface area contributed by atoms with E-state index in [-0.39, 0.29) is 5.69 Å². The molecule has 1 aliphatic rings. The van der Waals surface area contributed by atoms with Gasteiger partial charge in [0.25, 0.3) is 0 Å². The van der Waals surface area contributed by atoms with E-state index in [0.717, 1.165) is 38.2 Å². The van der Waals surface area contributed by atoms with Crippen LogP contribution in [0.1, 0.15) is 25.3 Å². The van der Waals surface area contributed by atoms with Gasteiger partial charge < -0.3 is 10.6 Å². The summed E-state index contributed by atoms with van der Waals surface area (Å²) in [5.74, 6) is 0. The van der Waals surface area contributed by atoms with Crippen LogP contribution in [0.4, 0.5) is 24.5 Å². The van der Waals surface area contributed by atoms with E-state index in [4.69, 9.17) is 5.73 Å². The van der Waals surface area contributed by atoms with Gasteiger partial charge >= 0.3 is 6.18 Å². The molecule has 1 aromatic rings. The zero-order chi connectivity index (χ0) is 15.6. The number of nitrogens with zero attached hydrogens (tertiary/aromatic N) is 2. The van der Waals surface area contributed by atoms with Crippen LogP contribution in [-0.4, -0.2) is 37.6 Å². The van der Waals surface area contributed by atoms with Crippen LogP contribution in [0.2, 0.25) is 0 Å². The predicted molar refractivity (Wildman–Crippen MR) is 79.4 cm³/mol. The van der Waals surface area contributed by atoms with Crippen molar-refractivity contribution in [2.75, 3.05) is 37.3 Å². The third-order valence-corrected chi connectivity index (χ3v) is 4.16. The number of likely N-dealkylation sites (tertiary alicyclic amines) is 1. The van der Waals surface area contributed by atoms with Gasteiger partial charge in [-0.1, -0.05) is 6.92 Å². The smallest absolute Gasteiger partial charge is 0.397 e. The molecule has 0 spiro atoms. The highest BCUT2D eigenvalue weighted by Gasteiger charge is 2.31. The normalized spacial score (nSPS) is 20.0. The van der Waals surface area contributed by atoms with E-state index < -0.39 is 11.7 Å². The third-order valence-electron chi connectivity index (χ3n) is 4.16. The number of nitrogens with two attached hydrogens (primary N) is 1. The lowest BCUT2D eigenvalue weighted by atomic mass is 10.1. The summed E-state index contributed by atoms with van der Waals surface area (Å²) >= 11 is 0. The van der Waals surface area contributed by atoms with E-state index in [1.807, 2.05) is 11.9 Å². The van der Waals surface area contributed by atoms with Crippen LogP contribution in [0, 0.1) is 0 Å². The number of rotatable bonds is 4. The molecule has 2 N–H and O–H groups in total. The quantitative estimate of drug-likeness (QED) is 0.867. The first-order valence-corrected chi connectivity index (χ1v) is 7.24. The van der Waals surface area contributed by atoms with Crippen molar-refractivity contribution in [3.63, 3.8) is 0 Å². The molecule has 0 amide bonds. The van der Waals surface area contributed by atoms with Gasteiger partial charge in [0.05, 0.1) is 16.9 Å². The molecule has 1 fully saturated rings. The van der Waals surface area contributed by atoms with Crippen molar-refractivity contribution < 1.29 is 13.2 Å². The highest BCUT2D eigenvalue weighted by Crippen LogP contribution is 2.34. The van der Waals surface area contributed by atoms with E-state index in [9.17, 15) is 13.2 Å². The standard InChI is InChI=1S/C15H22F3N3/c1-3-21-8-4-5-12(21)10-20(2)14-7-6-11(9-13(14)19)15(16,17)18/h6-7,9,12H,3-5,8,10,19H2,1-2H3. The van der Waals surface area contributed by atoms with Crippen LogP contribution in [0.25, 0.3) is 0 Å². The van der Waals surface area contributed by atoms with Gasteiger partial charge in [0.15, 0.2) is 0 Å². The summed E-state index contributed by atoms with van der Waals surface area (Å²) in [5.41, 5.74) is 5.94. The maximum Gasteiger partial charge on any atom is 0.416 e. The number of nitrogen functional groups attached to an aromatic ring is 1. The zero-order valence-electron chi connectivity index (χ0n) is 12.5. The maximum absolute atomic E-state index is 12.6. The second-order valence-corrected chi connectivity index (χ2v) is 5.58. The van der Waals surface area contributed by atoms with Gasteiger partial charge in [-0.15, -0.1) is 0 Å². The van der Waals surface area contributed by atoms with Crippen LogP contribution >= 0.6 is 0 Å². The Labute approximate surface area is 123 Å². The Kier molecular flexibility index (Phi) is 4.66. The largest absolute Gasteiger partial charge is 0.416 e. The molecular formula is C15H22F3N3. The highest BCUT2D eigenvalue weighted by atomic mass is 19.4. The molecule has 118 valence electrons. The lowest BCUT2D eigenvalue weighted by molar-refractivity contribution is -0.137. The van der Waals surface area contributed by atoms with Crippen molar-refractivity contribution in [3.8, 4) is 0 Å². The summed E-state index contributed by atoms with van der Waals surface area (Å²) < 4.78 is 37.9. The first kappa shape index (κ1) is 15.9. The summed E-state index contributed by atoms with van der Waals surface area (Å²) in [4.78, 5) is 4.35. The van der Waals surface area contributed by atoms with E-state index in [1.54, 1.807) is 0 Å². The minimum atomic E-state index is -4.35. The fourth-order valence-corrected chi connectivity index (χ4v) is 3.01. The second-order valence-electron chi connectivity index (χ2n) is 5.58. The molecule has 2 rings (SSSR count). The Morgan fingerprint density at radius 3 is 2.67 bits per heavy atom. The Balaban J connectivity index is 2.11. The lowest BCUT2D eigenvalue weighted by Gasteiger charge is -2.29. The molecule has 1 aliphatic heterocycles. The highest BCUT2D eigenvalue weighted by molar-refractivity contribution is 5.68. The van der Waals surface area contributed by atoms with Gasteiger partial charge in [0.2, 0.25) is 0 Å². The summed E-state index contributed by atoms with van der Waals surface area (Å²) in [6, 6.07) is 4.01. The van der Waals surface area contributed by atoms with Gasteiger partial charge in [0.1, 0.15) is 0 Å². The fourth-order valence-electron chi connectivity index (χ4n) is 3.01. The van der Waals surface area contributed by atoms with Crippen molar-refractivity contribution in [3.05, 3.63) is 23.8 Å². The number of halogens is 3. The first-order valence-electron chi connectivity index (χ1n) is 7.24. The number of alkyl halides is 3.